The van der Waals surface area contributed by atoms with E-state index < -0.39 is 10.9 Å². The second kappa shape index (κ2) is 10.4. The zero-order valence-corrected chi connectivity index (χ0v) is 15.3. The van der Waals surface area contributed by atoms with E-state index in [-0.39, 0.29) is 18.8 Å². The van der Waals surface area contributed by atoms with Crippen LogP contribution in [0.3, 0.4) is 0 Å². The van der Waals surface area contributed by atoms with Crippen molar-refractivity contribution in [1.29, 1.82) is 0 Å². The number of carbonyl (C=O) groups is 1. The summed E-state index contributed by atoms with van der Waals surface area (Å²) in [5.41, 5.74) is 2.11. The van der Waals surface area contributed by atoms with Crippen molar-refractivity contribution in [3.63, 3.8) is 0 Å². The minimum Gasteiger partial charge on any atom is -0.458 e. The molecule has 9 heteroatoms. The van der Waals surface area contributed by atoms with E-state index >= 15 is 0 Å². The molecule has 0 N–H and O–H groups in total. The highest BCUT2D eigenvalue weighted by molar-refractivity contribution is 5.73. The molecule has 0 spiro atoms. The summed E-state index contributed by atoms with van der Waals surface area (Å²) >= 11 is 0. The average Bonchev–Trinajstić information content (AvgIpc) is 2.71. The molecule has 0 unspecified atom stereocenters. The van der Waals surface area contributed by atoms with Gasteiger partial charge in [-0.3, -0.25) is 10.1 Å². The zero-order valence-electron chi connectivity index (χ0n) is 15.3. The van der Waals surface area contributed by atoms with Crippen molar-refractivity contribution in [3.8, 4) is 0 Å². The first-order valence-electron chi connectivity index (χ1n) is 8.53. The number of likely N-dealkylation sites (N-methyl/N-ethyl adjacent to an activating group) is 1. The van der Waals surface area contributed by atoms with Crippen LogP contribution < -0.4 is 4.90 Å². The van der Waals surface area contributed by atoms with Gasteiger partial charge in [-0.2, -0.15) is 10.2 Å². The first-order valence-corrected chi connectivity index (χ1v) is 8.53. The van der Waals surface area contributed by atoms with Gasteiger partial charge in [-0.05, 0) is 43.3 Å². The molecule has 0 aliphatic rings. The molecular weight excluding hydrogens is 362 g/mol. The highest BCUT2D eigenvalue weighted by Crippen LogP contribution is 2.23. The molecule has 2 aromatic carbocycles. The largest absolute Gasteiger partial charge is 0.458 e. The van der Waals surface area contributed by atoms with Crippen LogP contribution in [0.5, 0.6) is 0 Å². The van der Waals surface area contributed by atoms with Crippen molar-refractivity contribution in [3.05, 3.63) is 70.1 Å². The molecule has 0 bridgehead atoms. The summed E-state index contributed by atoms with van der Waals surface area (Å²) < 4.78 is 5.00. The zero-order chi connectivity index (χ0) is 20.4. The van der Waals surface area contributed by atoms with E-state index in [4.69, 9.17) is 11.3 Å². The Bertz CT molecular complexity index is 873. The lowest BCUT2D eigenvalue weighted by Crippen LogP contribution is -2.28. The Morgan fingerprint density at radius 2 is 1.71 bits per heavy atom. The fourth-order valence-corrected chi connectivity index (χ4v) is 2.34. The van der Waals surface area contributed by atoms with E-state index in [1.54, 1.807) is 12.1 Å². The van der Waals surface area contributed by atoms with E-state index in [0.717, 1.165) is 12.2 Å². The number of ether oxygens (including phenoxy) is 1. The molecule has 2 aromatic rings. The van der Waals surface area contributed by atoms with Crippen LogP contribution in [-0.4, -0.2) is 37.1 Å². The van der Waals surface area contributed by atoms with E-state index in [2.05, 4.69) is 15.1 Å². The van der Waals surface area contributed by atoms with Gasteiger partial charge in [-0.25, -0.2) is 11.4 Å². The van der Waals surface area contributed by atoms with E-state index in [1.807, 2.05) is 24.0 Å². The molecule has 0 radical (unpaired) electrons. The molecule has 9 nitrogen and oxygen atoms in total. The molecule has 0 fully saturated rings. The number of carbonyl (C=O) groups excluding carboxylic acids is 1. The molecule has 2 rings (SSSR count). The van der Waals surface area contributed by atoms with Crippen molar-refractivity contribution in [2.75, 3.05) is 31.1 Å². The summed E-state index contributed by atoms with van der Waals surface area (Å²) in [5.74, 6) is -0.520. The summed E-state index contributed by atoms with van der Waals surface area (Å²) in [6, 6.07) is 13.2. The van der Waals surface area contributed by atoms with E-state index in [9.17, 15) is 14.9 Å². The summed E-state index contributed by atoms with van der Waals surface area (Å²) in [7, 11) is 0. The number of azo groups is 1. The molecule has 0 amide bonds. The lowest BCUT2D eigenvalue weighted by atomic mass is 10.2. The summed E-state index contributed by atoms with van der Waals surface area (Å²) in [4.78, 5) is 26.4. The van der Waals surface area contributed by atoms with Crippen LogP contribution in [0.4, 0.5) is 22.7 Å². The monoisotopic (exact) mass is 381 g/mol. The van der Waals surface area contributed by atoms with Crippen LogP contribution in [0.15, 0.2) is 58.8 Å². The number of non-ortho nitro benzene ring substituents is 1. The predicted octanol–water partition coefficient (Wildman–Crippen LogP) is 4.30. The Kier molecular flexibility index (Phi) is 7.60. The standard InChI is InChI=1S/C19H19N5O4/c1-3-23(12-13-28-19(25)14-20-2)17-8-4-15(5-9-17)21-22-16-6-10-18(11-7-16)24(26)27/h4-11H,3,12-14H2,1H3/b22-21+. The van der Waals surface area contributed by atoms with Gasteiger partial charge in [0.2, 0.25) is 0 Å². The van der Waals surface area contributed by atoms with Crippen LogP contribution in [0, 0.1) is 16.7 Å². The summed E-state index contributed by atoms with van der Waals surface area (Å²) in [6.07, 6.45) is 0. The first-order chi connectivity index (χ1) is 13.5. The maximum Gasteiger partial charge on any atom is 0.387 e. The van der Waals surface area contributed by atoms with Crippen LogP contribution >= 0.6 is 0 Å². The Hall–Kier alpha value is -3.80. The van der Waals surface area contributed by atoms with Crippen LogP contribution in [0.25, 0.3) is 4.85 Å². The molecule has 0 atom stereocenters. The average molecular weight is 381 g/mol. The second-order valence-corrected chi connectivity index (χ2v) is 5.61. The lowest BCUT2D eigenvalue weighted by Gasteiger charge is -2.22. The van der Waals surface area contributed by atoms with Gasteiger partial charge in [-0.15, -0.1) is 0 Å². The van der Waals surface area contributed by atoms with Crippen molar-refractivity contribution < 1.29 is 14.5 Å². The van der Waals surface area contributed by atoms with E-state index in [0.29, 0.717) is 17.9 Å². The van der Waals surface area contributed by atoms with Gasteiger partial charge in [0.15, 0.2) is 0 Å². The number of nitrogens with zero attached hydrogens (tertiary/aromatic N) is 5. The van der Waals surface area contributed by atoms with Crippen molar-refractivity contribution in [1.82, 2.24) is 0 Å². The van der Waals surface area contributed by atoms with Crippen LogP contribution in [-0.2, 0) is 9.53 Å². The molecule has 0 aliphatic carbocycles. The fourth-order valence-electron chi connectivity index (χ4n) is 2.34. The van der Waals surface area contributed by atoms with Crippen molar-refractivity contribution >= 4 is 28.7 Å². The highest BCUT2D eigenvalue weighted by atomic mass is 16.6. The number of nitro benzene ring substituents is 1. The topological polar surface area (TPSA) is 102 Å². The van der Waals surface area contributed by atoms with Crippen molar-refractivity contribution in [2.24, 2.45) is 10.2 Å². The third-order valence-corrected chi connectivity index (χ3v) is 3.77. The molecule has 0 saturated carbocycles. The number of rotatable bonds is 9. The number of benzene rings is 2. The third kappa shape index (κ3) is 6.17. The molecule has 144 valence electrons. The molecule has 0 aromatic heterocycles. The Labute approximate surface area is 162 Å². The van der Waals surface area contributed by atoms with E-state index in [1.165, 1.54) is 24.3 Å². The van der Waals surface area contributed by atoms with Gasteiger partial charge >= 0.3 is 12.5 Å². The number of esters is 1. The van der Waals surface area contributed by atoms with Crippen LogP contribution in [0.1, 0.15) is 6.92 Å². The van der Waals surface area contributed by atoms with Crippen LogP contribution in [0.2, 0.25) is 0 Å². The number of hydrogen-bond acceptors (Lipinski definition) is 7. The quantitative estimate of drug-likeness (QED) is 0.212. The highest BCUT2D eigenvalue weighted by Gasteiger charge is 2.08. The fraction of sp³-hybridized carbons (Fsp3) is 0.263. The number of nitro groups is 1. The lowest BCUT2D eigenvalue weighted by molar-refractivity contribution is -0.384. The summed E-state index contributed by atoms with van der Waals surface area (Å²) in [5, 5.41) is 18.8. The Balaban J connectivity index is 1.94. The smallest absolute Gasteiger partial charge is 0.387 e. The molecule has 0 heterocycles. The maximum absolute atomic E-state index is 11.2. The molecule has 0 saturated heterocycles. The second-order valence-electron chi connectivity index (χ2n) is 5.61. The van der Waals surface area contributed by atoms with Crippen molar-refractivity contribution in [2.45, 2.75) is 6.92 Å². The van der Waals surface area contributed by atoms with Gasteiger partial charge in [0.25, 0.3) is 5.69 Å². The Morgan fingerprint density at radius 1 is 1.14 bits per heavy atom. The minimum absolute atomic E-state index is 0.00253. The molecular formula is C19H19N5O4. The Morgan fingerprint density at radius 3 is 2.21 bits per heavy atom. The normalized spacial score (nSPS) is 10.4. The van der Waals surface area contributed by atoms with Gasteiger partial charge in [0.1, 0.15) is 6.61 Å². The van der Waals surface area contributed by atoms with Gasteiger partial charge in [-0.1, -0.05) is 0 Å². The summed E-state index contributed by atoms with van der Waals surface area (Å²) in [6.45, 7) is 9.81. The maximum atomic E-state index is 11.2. The van der Waals surface area contributed by atoms with Gasteiger partial charge < -0.3 is 14.5 Å². The molecule has 0 aliphatic heterocycles. The minimum atomic E-state index is -0.520. The third-order valence-electron chi connectivity index (χ3n) is 3.77. The number of anilines is 1. The van der Waals surface area contributed by atoms with Gasteiger partial charge in [0, 0.05) is 24.4 Å². The predicted molar refractivity (Wildman–Crippen MR) is 104 cm³/mol. The first kappa shape index (κ1) is 20.5. The number of hydrogen-bond donors (Lipinski definition) is 0. The SMILES string of the molecule is [C-]#[N+]CC(=O)OCCN(CC)c1ccc(/N=N/c2ccc([N+](=O)[O-])cc2)cc1. The van der Waals surface area contributed by atoms with Gasteiger partial charge in [0.05, 0.1) is 22.8 Å². The molecule has 28 heavy (non-hydrogen) atoms.